The van der Waals surface area contributed by atoms with Crippen molar-refractivity contribution >= 4 is 15.8 Å². The zero-order valence-electron chi connectivity index (χ0n) is 10.9. The number of aromatic amines is 2. The van der Waals surface area contributed by atoms with E-state index in [1.54, 1.807) is 14.0 Å². The number of nitrogens with zero attached hydrogens (tertiary/aromatic N) is 2. The summed E-state index contributed by atoms with van der Waals surface area (Å²) in [6, 6.07) is 2.46. The maximum atomic E-state index is 12.3. The van der Waals surface area contributed by atoms with E-state index in [1.165, 1.54) is 12.1 Å². The molecule has 10 heteroatoms. The molecule has 2 rings (SSSR count). The quantitative estimate of drug-likeness (QED) is 0.578. The van der Waals surface area contributed by atoms with Crippen molar-refractivity contribution in [1.29, 1.82) is 0 Å². The van der Waals surface area contributed by atoms with Crippen molar-refractivity contribution in [3.05, 3.63) is 33.9 Å². The molecule has 0 saturated heterocycles. The fraction of sp³-hybridized carbons (Fsp3) is 0.300. The fourth-order valence-electron chi connectivity index (χ4n) is 1.70. The monoisotopic (exact) mass is 298 g/mol. The molecule has 108 valence electrons. The van der Waals surface area contributed by atoms with Gasteiger partial charge in [0.2, 0.25) is 0 Å². The van der Waals surface area contributed by atoms with Crippen LogP contribution in [-0.2, 0) is 16.6 Å². The summed E-state index contributed by atoms with van der Waals surface area (Å²) in [5.41, 5.74) is 0.386. The van der Waals surface area contributed by atoms with Gasteiger partial charge in [-0.15, -0.1) is 0 Å². The lowest BCUT2D eigenvalue weighted by Gasteiger charge is -2.07. The van der Waals surface area contributed by atoms with Gasteiger partial charge in [0, 0.05) is 12.6 Å². The van der Waals surface area contributed by atoms with Gasteiger partial charge in [-0.1, -0.05) is 0 Å². The van der Waals surface area contributed by atoms with Gasteiger partial charge in [0.1, 0.15) is 4.90 Å². The molecule has 2 heterocycles. The molecule has 0 spiro atoms. The molecule has 4 N–H and O–H groups in total. The minimum atomic E-state index is -3.83. The van der Waals surface area contributed by atoms with Crippen LogP contribution >= 0.6 is 0 Å². The molecule has 0 unspecified atom stereocenters. The third-order valence-corrected chi connectivity index (χ3v) is 4.05. The smallest absolute Gasteiger partial charge is 0.266 e. The van der Waals surface area contributed by atoms with Gasteiger partial charge >= 0.3 is 0 Å². The number of rotatable bonds is 5. The minimum Gasteiger partial charge on any atom is -0.314 e. The predicted octanol–water partition coefficient (Wildman–Crippen LogP) is -0.678. The Balaban J connectivity index is 2.37. The van der Waals surface area contributed by atoms with Crippen molar-refractivity contribution in [2.75, 3.05) is 11.8 Å². The molecular weight excluding hydrogens is 284 g/mol. The first-order chi connectivity index (χ1) is 9.44. The van der Waals surface area contributed by atoms with E-state index in [0.29, 0.717) is 17.9 Å². The van der Waals surface area contributed by atoms with Crippen molar-refractivity contribution in [1.82, 2.24) is 25.7 Å². The SMILES string of the molecule is CNCc1n[nH]c(C)c1S(=O)(=O)Nc1ccc(=O)[nH]n1. The van der Waals surface area contributed by atoms with Gasteiger partial charge in [-0.2, -0.15) is 10.2 Å². The first-order valence-corrected chi connectivity index (χ1v) is 7.19. The molecule has 0 aliphatic carbocycles. The summed E-state index contributed by atoms with van der Waals surface area (Å²) in [5.74, 6) is 0.0283. The Labute approximate surface area is 114 Å². The Morgan fingerprint density at radius 1 is 1.25 bits per heavy atom. The zero-order valence-corrected chi connectivity index (χ0v) is 11.7. The molecule has 0 radical (unpaired) electrons. The second-order valence-electron chi connectivity index (χ2n) is 4.07. The van der Waals surface area contributed by atoms with E-state index >= 15 is 0 Å². The van der Waals surface area contributed by atoms with Gasteiger partial charge in [0.05, 0.1) is 11.4 Å². The highest BCUT2D eigenvalue weighted by molar-refractivity contribution is 7.92. The normalized spacial score (nSPS) is 11.5. The first-order valence-electron chi connectivity index (χ1n) is 5.71. The highest BCUT2D eigenvalue weighted by atomic mass is 32.2. The van der Waals surface area contributed by atoms with Gasteiger partial charge in [0.15, 0.2) is 5.82 Å². The molecule has 0 fully saturated rings. The minimum absolute atomic E-state index is 0.0283. The molecule has 0 bridgehead atoms. The molecule has 0 aromatic carbocycles. The summed E-state index contributed by atoms with van der Waals surface area (Å²) >= 11 is 0. The molecule has 0 amide bonds. The van der Waals surface area contributed by atoms with E-state index in [0.717, 1.165) is 0 Å². The van der Waals surface area contributed by atoms with Crippen molar-refractivity contribution in [3.8, 4) is 0 Å². The van der Waals surface area contributed by atoms with Crippen LogP contribution in [0.5, 0.6) is 0 Å². The van der Waals surface area contributed by atoms with Crippen LogP contribution in [-0.4, -0.2) is 35.9 Å². The van der Waals surface area contributed by atoms with Crippen LogP contribution in [0, 0.1) is 6.92 Å². The summed E-state index contributed by atoms with van der Waals surface area (Å²) in [4.78, 5) is 11.0. The molecule has 2 aromatic heterocycles. The Kier molecular flexibility index (Phi) is 3.86. The molecule has 0 aliphatic heterocycles. The number of hydrogen-bond acceptors (Lipinski definition) is 6. The van der Waals surface area contributed by atoms with Gasteiger partial charge in [-0.05, 0) is 20.0 Å². The number of aryl methyl sites for hydroxylation is 1. The zero-order chi connectivity index (χ0) is 14.8. The number of nitrogens with one attached hydrogen (secondary N) is 4. The summed E-state index contributed by atoms with van der Waals surface area (Å²) in [6.07, 6.45) is 0. The summed E-state index contributed by atoms with van der Waals surface area (Å²) in [5, 5.41) is 15.2. The molecular formula is C10H14N6O3S. The Morgan fingerprint density at radius 2 is 2.00 bits per heavy atom. The van der Waals surface area contributed by atoms with Crippen LogP contribution in [0.15, 0.2) is 21.8 Å². The third kappa shape index (κ3) is 2.86. The predicted molar refractivity (Wildman–Crippen MR) is 71.8 cm³/mol. The van der Waals surface area contributed by atoms with E-state index in [1.807, 2.05) is 0 Å². The lowest BCUT2D eigenvalue weighted by atomic mass is 10.4. The summed E-state index contributed by atoms with van der Waals surface area (Å²) in [6.45, 7) is 1.92. The number of anilines is 1. The largest absolute Gasteiger partial charge is 0.314 e. The maximum Gasteiger partial charge on any atom is 0.266 e. The molecule has 0 aliphatic rings. The van der Waals surface area contributed by atoms with Crippen LogP contribution in [0.3, 0.4) is 0 Å². The third-order valence-electron chi connectivity index (χ3n) is 2.49. The van der Waals surface area contributed by atoms with Gasteiger partial charge in [-0.3, -0.25) is 14.6 Å². The van der Waals surface area contributed by atoms with Gasteiger partial charge in [-0.25, -0.2) is 13.5 Å². The average molecular weight is 298 g/mol. The van der Waals surface area contributed by atoms with E-state index in [-0.39, 0.29) is 10.7 Å². The van der Waals surface area contributed by atoms with Crippen molar-refractivity contribution in [2.24, 2.45) is 0 Å². The van der Waals surface area contributed by atoms with E-state index in [2.05, 4.69) is 30.4 Å². The van der Waals surface area contributed by atoms with E-state index in [4.69, 9.17) is 0 Å². The topological polar surface area (TPSA) is 133 Å². The van der Waals surface area contributed by atoms with Gasteiger partial charge < -0.3 is 5.32 Å². The number of H-pyrrole nitrogens is 2. The molecule has 20 heavy (non-hydrogen) atoms. The molecule has 9 nitrogen and oxygen atoms in total. The van der Waals surface area contributed by atoms with E-state index < -0.39 is 15.6 Å². The highest BCUT2D eigenvalue weighted by Crippen LogP contribution is 2.19. The number of hydrogen-bond donors (Lipinski definition) is 4. The Hall–Kier alpha value is -2.20. The maximum absolute atomic E-state index is 12.3. The van der Waals surface area contributed by atoms with E-state index in [9.17, 15) is 13.2 Å². The highest BCUT2D eigenvalue weighted by Gasteiger charge is 2.24. The van der Waals surface area contributed by atoms with Crippen molar-refractivity contribution < 1.29 is 8.42 Å². The Morgan fingerprint density at radius 3 is 2.60 bits per heavy atom. The summed E-state index contributed by atoms with van der Waals surface area (Å²) < 4.78 is 27.0. The van der Waals surface area contributed by atoms with Crippen LogP contribution < -0.4 is 15.6 Å². The van der Waals surface area contributed by atoms with Crippen molar-refractivity contribution in [3.63, 3.8) is 0 Å². The second kappa shape index (κ2) is 5.43. The first kappa shape index (κ1) is 14.2. The molecule has 0 atom stereocenters. The lowest BCUT2D eigenvalue weighted by Crippen LogP contribution is -2.19. The average Bonchev–Trinajstić information content (AvgIpc) is 2.74. The van der Waals surface area contributed by atoms with Crippen LogP contribution in [0.4, 0.5) is 5.82 Å². The molecule has 0 saturated carbocycles. The number of aromatic nitrogens is 4. The second-order valence-corrected chi connectivity index (χ2v) is 5.69. The van der Waals surface area contributed by atoms with Gasteiger partial charge in [0.25, 0.3) is 15.6 Å². The van der Waals surface area contributed by atoms with Crippen LogP contribution in [0.1, 0.15) is 11.4 Å². The number of sulfonamides is 1. The standard InChI is InChI=1S/C10H14N6O3S/c1-6-10(7(5-11-2)13-12-6)20(18,19)16-8-3-4-9(17)15-14-8/h3-4,11H,5H2,1-2H3,(H,12,13)(H,14,16)(H,15,17). The Bertz CT molecular complexity index is 743. The molecule has 2 aromatic rings. The van der Waals surface area contributed by atoms with Crippen LogP contribution in [0.2, 0.25) is 0 Å². The van der Waals surface area contributed by atoms with Crippen LogP contribution in [0.25, 0.3) is 0 Å². The van der Waals surface area contributed by atoms with Crippen molar-refractivity contribution in [2.45, 2.75) is 18.4 Å². The lowest BCUT2D eigenvalue weighted by molar-refractivity contribution is 0.598. The fourth-order valence-corrected chi connectivity index (χ4v) is 3.07. The summed E-state index contributed by atoms with van der Waals surface area (Å²) in [7, 11) is -2.14.